The zero-order chi connectivity index (χ0) is 19.3. The number of rotatable bonds is 7. The van der Waals surface area contributed by atoms with Crippen LogP contribution in [0.2, 0.25) is 0 Å². The number of hydrogen-bond donors (Lipinski definition) is 0. The SMILES string of the molecule is O=C(Cc1ccccc1)N(CCCn1ccnc1)c1nc2c(F)cccc2s1. The lowest BCUT2D eigenvalue weighted by Crippen LogP contribution is -2.33. The van der Waals surface area contributed by atoms with Crippen LogP contribution in [0.3, 0.4) is 0 Å². The quantitative estimate of drug-likeness (QED) is 0.470. The molecule has 5 nitrogen and oxygen atoms in total. The number of imidazole rings is 1. The minimum atomic E-state index is -0.367. The zero-order valence-corrected chi connectivity index (χ0v) is 16.0. The summed E-state index contributed by atoms with van der Waals surface area (Å²) in [6.45, 7) is 1.25. The topological polar surface area (TPSA) is 51.0 Å². The molecule has 0 atom stereocenters. The van der Waals surface area contributed by atoms with Gasteiger partial charge in [0.2, 0.25) is 5.91 Å². The van der Waals surface area contributed by atoms with Crippen LogP contribution in [0.5, 0.6) is 0 Å². The molecule has 0 saturated carbocycles. The van der Waals surface area contributed by atoms with Crippen molar-refractivity contribution in [3.8, 4) is 0 Å². The normalized spacial score (nSPS) is 11.0. The van der Waals surface area contributed by atoms with E-state index in [1.54, 1.807) is 23.5 Å². The lowest BCUT2D eigenvalue weighted by atomic mass is 10.1. The van der Waals surface area contributed by atoms with Gasteiger partial charge in [0, 0.05) is 25.5 Å². The molecule has 2 aromatic heterocycles. The summed E-state index contributed by atoms with van der Waals surface area (Å²) in [5, 5.41) is 0.534. The number of carbonyl (C=O) groups is 1. The Morgan fingerprint density at radius 1 is 1.14 bits per heavy atom. The molecule has 0 aliphatic carbocycles. The molecule has 142 valence electrons. The van der Waals surface area contributed by atoms with Crippen molar-refractivity contribution in [3.63, 3.8) is 0 Å². The summed E-state index contributed by atoms with van der Waals surface area (Å²) >= 11 is 1.34. The van der Waals surface area contributed by atoms with E-state index in [1.807, 2.05) is 47.2 Å². The molecule has 0 spiro atoms. The fraction of sp³-hybridized carbons (Fsp3) is 0.190. The maximum atomic E-state index is 14.1. The minimum Gasteiger partial charge on any atom is -0.337 e. The lowest BCUT2D eigenvalue weighted by Gasteiger charge is -2.20. The first-order chi connectivity index (χ1) is 13.7. The van der Waals surface area contributed by atoms with Crippen LogP contribution in [0, 0.1) is 5.82 Å². The predicted octanol–water partition coefficient (Wildman–Crippen LogP) is 4.30. The lowest BCUT2D eigenvalue weighted by molar-refractivity contribution is -0.118. The third kappa shape index (κ3) is 4.09. The van der Waals surface area contributed by atoms with Gasteiger partial charge in [-0.2, -0.15) is 0 Å². The zero-order valence-electron chi connectivity index (χ0n) is 15.2. The Balaban J connectivity index is 1.57. The second-order valence-electron chi connectivity index (χ2n) is 6.44. The predicted molar refractivity (Wildman–Crippen MR) is 109 cm³/mol. The molecule has 0 N–H and O–H groups in total. The first-order valence-corrected chi connectivity index (χ1v) is 9.87. The summed E-state index contributed by atoms with van der Waals surface area (Å²) in [5.74, 6) is -0.412. The highest BCUT2D eigenvalue weighted by Crippen LogP contribution is 2.30. The standard InChI is InChI=1S/C21H19FN4OS/c22-17-8-4-9-18-20(17)24-21(28-18)26(12-5-11-25-13-10-23-15-25)19(27)14-16-6-2-1-3-7-16/h1-4,6-10,13,15H,5,11-12,14H2. The number of aromatic nitrogens is 3. The van der Waals surface area contributed by atoms with Crippen LogP contribution in [-0.2, 0) is 17.8 Å². The van der Waals surface area contributed by atoms with Crippen LogP contribution < -0.4 is 4.90 Å². The molecule has 0 saturated heterocycles. The van der Waals surface area contributed by atoms with E-state index in [2.05, 4.69) is 9.97 Å². The van der Waals surface area contributed by atoms with Gasteiger partial charge in [-0.3, -0.25) is 9.69 Å². The average molecular weight is 394 g/mol. The molecule has 28 heavy (non-hydrogen) atoms. The van der Waals surface area contributed by atoms with E-state index in [-0.39, 0.29) is 18.1 Å². The Morgan fingerprint density at radius 2 is 2.00 bits per heavy atom. The number of carbonyl (C=O) groups excluding carboxylic acids is 1. The second kappa shape index (κ2) is 8.31. The van der Waals surface area contributed by atoms with Gasteiger partial charge < -0.3 is 4.57 Å². The van der Waals surface area contributed by atoms with Crippen molar-refractivity contribution >= 4 is 32.6 Å². The smallest absolute Gasteiger partial charge is 0.233 e. The summed E-state index contributed by atoms with van der Waals surface area (Å²) in [4.78, 5) is 23.2. The largest absolute Gasteiger partial charge is 0.337 e. The van der Waals surface area contributed by atoms with Crippen molar-refractivity contribution in [1.29, 1.82) is 0 Å². The van der Waals surface area contributed by atoms with Crippen LogP contribution in [0.15, 0.2) is 67.3 Å². The van der Waals surface area contributed by atoms with E-state index in [4.69, 9.17) is 0 Å². The molecule has 1 amide bonds. The van der Waals surface area contributed by atoms with E-state index >= 15 is 0 Å². The molecule has 0 aliphatic heterocycles. The fourth-order valence-electron chi connectivity index (χ4n) is 3.04. The molecule has 2 aromatic carbocycles. The van der Waals surface area contributed by atoms with Crippen LogP contribution in [0.4, 0.5) is 9.52 Å². The number of nitrogens with zero attached hydrogens (tertiary/aromatic N) is 4. The number of thiazole rings is 1. The van der Waals surface area contributed by atoms with Gasteiger partial charge in [0.25, 0.3) is 0 Å². The molecule has 0 bridgehead atoms. The number of para-hydroxylation sites is 1. The molecule has 2 heterocycles. The number of amides is 1. The summed E-state index contributed by atoms with van der Waals surface area (Å²) in [6.07, 6.45) is 6.40. The van der Waals surface area contributed by atoms with Gasteiger partial charge in [-0.05, 0) is 24.1 Å². The maximum absolute atomic E-state index is 14.1. The van der Waals surface area contributed by atoms with E-state index in [1.165, 1.54) is 17.4 Å². The van der Waals surface area contributed by atoms with Gasteiger partial charge >= 0.3 is 0 Å². The molecule has 0 fully saturated rings. The fourth-order valence-corrected chi connectivity index (χ4v) is 4.07. The Labute approximate surface area is 166 Å². The Kier molecular flexibility index (Phi) is 5.43. The van der Waals surface area contributed by atoms with Crippen molar-refractivity contribution < 1.29 is 9.18 Å². The summed E-state index contributed by atoms with van der Waals surface area (Å²) in [7, 11) is 0. The highest BCUT2D eigenvalue weighted by Gasteiger charge is 2.20. The highest BCUT2D eigenvalue weighted by molar-refractivity contribution is 7.22. The van der Waals surface area contributed by atoms with Gasteiger partial charge in [0.05, 0.1) is 17.4 Å². The Bertz CT molecular complexity index is 1060. The molecule has 4 rings (SSSR count). The molecule has 0 radical (unpaired) electrons. The van der Waals surface area contributed by atoms with E-state index < -0.39 is 0 Å². The second-order valence-corrected chi connectivity index (χ2v) is 7.45. The van der Waals surface area contributed by atoms with E-state index in [9.17, 15) is 9.18 Å². The molecular weight excluding hydrogens is 375 g/mol. The maximum Gasteiger partial charge on any atom is 0.233 e. The number of hydrogen-bond acceptors (Lipinski definition) is 4. The van der Waals surface area contributed by atoms with Gasteiger partial charge in [-0.25, -0.2) is 14.4 Å². The number of halogens is 1. The third-order valence-corrected chi connectivity index (χ3v) is 5.49. The molecule has 0 unspecified atom stereocenters. The van der Waals surface area contributed by atoms with Gasteiger partial charge in [0.1, 0.15) is 11.3 Å². The number of fused-ring (bicyclic) bond motifs is 1. The van der Waals surface area contributed by atoms with Gasteiger partial charge in [-0.1, -0.05) is 47.7 Å². The van der Waals surface area contributed by atoms with Crippen LogP contribution in [-0.4, -0.2) is 27.0 Å². The number of aryl methyl sites for hydroxylation is 1. The highest BCUT2D eigenvalue weighted by atomic mass is 32.1. The van der Waals surface area contributed by atoms with E-state index in [0.717, 1.165) is 23.2 Å². The first kappa shape index (κ1) is 18.3. The van der Waals surface area contributed by atoms with Crippen LogP contribution in [0.25, 0.3) is 10.2 Å². The number of anilines is 1. The number of benzene rings is 2. The van der Waals surface area contributed by atoms with Gasteiger partial charge in [-0.15, -0.1) is 0 Å². The molecular formula is C21H19FN4OS. The van der Waals surface area contributed by atoms with Crippen LogP contribution in [0.1, 0.15) is 12.0 Å². The molecule has 7 heteroatoms. The van der Waals surface area contributed by atoms with Crippen molar-refractivity contribution in [2.45, 2.75) is 19.4 Å². The Morgan fingerprint density at radius 3 is 2.75 bits per heavy atom. The third-order valence-electron chi connectivity index (χ3n) is 4.45. The summed E-state index contributed by atoms with van der Waals surface area (Å²) in [6, 6.07) is 14.5. The Hall–Kier alpha value is -3.06. The van der Waals surface area contributed by atoms with Crippen molar-refractivity contribution in [2.75, 3.05) is 11.4 Å². The van der Waals surface area contributed by atoms with Crippen molar-refractivity contribution in [1.82, 2.24) is 14.5 Å². The minimum absolute atomic E-state index is 0.0451. The van der Waals surface area contributed by atoms with Crippen molar-refractivity contribution in [2.24, 2.45) is 0 Å². The summed E-state index contributed by atoms with van der Waals surface area (Å²) in [5.41, 5.74) is 1.26. The molecule has 0 aliphatic rings. The van der Waals surface area contributed by atoms with E-state index in [0.29, 0.717) is 17.2 Å². The van der Waals surface area contributed by atoms with Crippen molar-refractivity contribution in [3.05, 3.63) is 78.6 Å². The van der Waals surface area contributed by atoms with Crippen LogP contribution >= 0.6 is 11.3 Å². The average Bonchev–Trinajstić information content (AvgIpc) is 3.36. The molecule has 4 aromatic rings. The monoisotopic (exact) mass is 394 g/mol. The summed E-state index contributed by atoms with van der Waals surface area (Å²) < 4.78 is 16.8. The van der Waals surface area contributed by atoms with Gasteiger partial charge in [0.15, 0.2) is 5.13 Å². The first-order valence-electron chi connectivity index (χ1n) is 9.06.